The first-order valence-electron chi connectivity index (χ1n) is 7.06. The molecule has 2 rings (SSSR count). The van der Waals surface area contributed by atoms with E-state index in [0.29, 0.717) is 18.7 Å². The maximum atomic E-state index is 13.7. The second-order valence-corrected chi connectivity index (χ2v) is 5.58. The normalized spacial score (nSPS) is 17.2. The summed E-state index contributed by atoms with van der Waals surface area (Å²) >= 11 is 0. The third-order valence-corrected chi connectivity index (χ3v) is 3.21. The Morgan fingerprint density at radius 2 is 2.23 bits per heavy atom. The van der Waals surface area contributed by atoms with Crippen molar-refractivity contribution >= 4 is 11.7 Å². The fourth-order valence-corrected chi connectivity index (χ4v) is 2.15. The summed E-state index contributed by atoms with van der Waals surface area (Å²) in [6, 6.07) is 3.16. The van der Waals surface area contributed by atoms with E-state index in [1.54, 1.807) is 7.05 Å². The Morgan fingerprint density at radius 3 is 2.86 bits per heavy atom. The number of likely N-dealkylation sites (N-methyl/N-ethyl adjacent to an activating group) is 1. The SMILES string of the molecule is CC(C)NC(=O)N(C)CC1CC(c2ccc(F)cc2F)=NO1. The smallest absolute Gasteiger partial charge is 0.317 e. The van der Waals surface area contributed by atoms with E-state index in [4.69, 9.17) is 4.84 Å². The van der Waals surface area contributed by atoms with Crippen molar-refractivity contribution in [3.63, 3.8) is 0 Å². The van der Waals surface area contributed by atoms with Crippen molar-refractivity contribution in [1.82, 2.24) is 10.2 Å². The lowest BCUT2D eigenvalue weighted by molar-refractivity contribution is 0.0655. The van der Waals surface area contributed by atoms with Crippen LogP contribution >= 0.6 is 0 Å². The number of benzene rings is 1. The molecule has 0 bridgehead atoms. The molecule has 7 heteroatoms. The molecule has 0 radical (unpaired) electrons. The third-order valence-electron chi connectivity index (χ3n) is 3.21. The van der Waals surface area contributed by atoms with Gasteiger partial charge in [-0.1, -0.05) is 5.16 Å². The molecule has 1 aliphatic heterocycles. The van der Waals surface area contributed by atoms with Gasteiger partial charge in [-0.25, -0.2) is 13.6 Å². The van der Waals surface area contributed by atoms with E-state index < -0.39 is 11.6 Å². The number of halogens is 2. The molecule has 1 heterocycles. The van der Waals surface area contributed by atoms with Crippen LogP contribution in [-0.2, 0) is 4.84 Å². The average Bonchev–Trinajstić information content (AvgIpc) is 2.86. The predicted molar refractivity (Wildman–Crippen MR) is 78.7 cm³/mol. The molecule has 22 heavy (non-hydrogen) atoms. The molecule has 0 aliphatic carbocycles. The van der Waals surface area contributed by atoms with Crippen molar-refractivity contribution in [1.29, 1.82) is 0 Å². The van der Waals surface area contributed by atoms with Gasteiger partial charge in [-0.2, -0.15) is 0 Å². The first-order chi connectivity index (χ1) is 10.4. The summed E-state index contributed by atoms with van der Waals surface area (Å²) in [4.78, 5) is 18.5. The van der Waals surface area contributed by atoms with Gasteiger partial charge in [0.15, 0.2) is 6.10 Å². The Bertz CT molecular complexity index is 590. The Hall–Kier alpha value is -2.18. The van der Waals surface area contributed by atoms with E-state index >= 15 is 0 Å². The van der Waals surface area contributed by atoms with E-state index in [0.717, 1.165) is 6.07 Å². The van der Waals surface area contributed by atoms with Gasteiger partial charge in [-0.3, -0.25) is 0 Å². The molecule has 0 saturated heterocycles. The monoisotopic (exact) mass is 311 g/mol. The molecule has 0 aromatic heterocycles. The van der Waals surface area contributed by atoms with Gasteiger partial charge >= 0.3 is 6.03 Å². The fourth-order valence-electron chi connectivity index (χ4n) is 2.15. The van der Waals surface area contributed by atoms with Crippen LogP contribution in [0, 0.1) is 11.6 Å². The van der Waals surface area contributed by atoms with Crippen molar-refractivity contribution in [2.75, 3.05) is 13.6 Å². The lowest BCUT2D eigenvalue weighted by Gasteiger charge is -2.21. The second-order valence-electron chi connectivity index (χ2n) is 5.58. The standard InChI is InChI=1S/C15H19F2N3O2/c1-9(2)18-15(21)20(3)8-11-7-14(19-22-11)12-5-4-10(16)6-13(12)17/h4-6,9,11H,7-8H2,1-3H3,(H,18,21). The van der Waals surface area contributed by atoms with Crippen LogP contribution in [0.4, 0.5) is 13.6 Å². The predicted octanol–water partition coefficient (Wildman–Crippen LogP) is 2.51. The number of amides is 2. The maximum Gasteiger partial charge on any atom is 0.317 e. The lowest BCUT2D eigenvalue weighted by Crippen LogP contribution is -2.43. The zero-order chi connectivity index (χ0) is 16.3. The molecule has 1 N–H and O–H groups in total. The van der Waals surface area contributed by atoms with Crippen molar-refractivity contribution < 1.29 is 18.4 Å². The van der Waals surface area contributed by atoms with E-state index in [-0.39, 0.29) is 23.7 Å². The summed E-state index contributed by atoms with van der Waals surface area (Å²) in [5.74, 6) is -1.31. The number of hydrogen-bond acceptors (Lipinski definition) is 3. The largest absolute Gasteiger partial charge is 0.390 e. The van der Waals surface area contributed by atoms with Crippen LogP contribution in [0.1, 0.15) is 25.8 Å². The summed E-state index contributed by atoms with van der Waals surface area (Å²) in [6.07, 6.45) is 0.0179. The summed E-state index contributed by atoms with van der Waals surface area (Å²) in [6.45, 7) is 4.07. The van der Waals surface area contributed by atoms with Gasteiger partial charge in [-0.05, 0) is 26.0 Å². The Kier molecular flexibility index (Phi) is 4.95. The number of nitrogens with one attached hydrogen (secondary N) is 1. The van der Waals surface area contributed by atoms with Crippen molar-refractivity contribution in [3.8, 4) is 0 Å². The Balaban J connectivity index is 1.93. The number of rotatable bonds is 4. The molecular weight excluding hydrogens is 292 g/mol. The van der Waals surface area contributed by atoms with Crippen LogP contribution in [-0.4, -0.2) is 42.4 Å². The molecule has 120 valence electrons. The van der Waals surface area contributed by atoms with Crippen LogP contribution < -0.4 is 5.32 Å². The summed E-state index contributed by atoms with van der Waals surface area (Å²) in [7, 11) is 1.65. The number of carbonyl (C=O) groups excluding carboxylic acids is 1. The molecule has 1 unspecified atom stereocenters. The van der Waals surface area contributed by atoms with E-state index in [2.05, 4.69) is 10.5 Å². The highest BCUT2D eigenvalue weighted by atomic mass is 19.1. The van der Waals surface area contributed by atoms with Crippen molar-refractivity contribution in [2.45, 2.75) is 32.4 Å². The maximum absolute atomic E-state index is 13.7. The second kappa shape index (κ2) is 6.72. The summed E-state index contributed by atoms with van der Waals surface area (Å²) in [5.41, 5.74) is 0.637. The topological polar surface area (TPSA) is 53.9 Å². The summed E-state index contributed by atoms with van der Waals surface area (Å²) < 4.78 is 26.6. The first kappa shape index (κ1) is 16.2. The van der Waals surface area contributed by atoms with Crippen LogP contribution in [0.25, 0.3) is 0 Å². The molecule has 0 spiro atoms. The molecular formula is C15H19F2N3O2. The number of nitrogens with zero attached hydrogens (tertiary/aromatic N) is 2. The quantitative estimate of drug-likeness (QED) is 0.929. The third kappa shape index (κ3) is 3.93. The number of carbonyl (C=O) groups is 1. The minimum absolute atomic E-state index is 0.0413. The highest BCUT2D eigenvalue weighted by Gasteiger charge is 2.26. The average molecular weight is 311 g/mol. The molecule has 0 fully saturated rings. The number of hydrogen-bond donors (Lipinski definition) is 1. The molecule has 1 aromatic carbocycles. The van der Waals surface area contributed by atoms with Gasteiger partial charge < -0.3 is 15.1 Å². The van der Waals surface area contributed by atoms with E-state index in [1.807, 2.05) is 13.8 Å². The van der Waals surface area contributed by atoms with Gasteiger partial charge in [0, 0.05) is 31.1 Å². The van der Waals surface area contributed by atoms with Crippen LogP contribution in [0.2, 0.25) is 0 Å². The lowest BCUT2D eigenvalue weighted by atomic mass is 10.0. The molecule has 2 amide bonds. The van der Waals surface area contributed by atoms with Gasteiger partial charge in [0.2, 0.25) is 0 Å². The highest BCUT2D eigenvalue weighted by molar-refractivity contribution is 6.01. The minimum Gasteiger partial charge on any atom is -0.390 e. The van der Waals surface area contributed by atoms with Gasteiger partial charge in [0.05, 0.1) is 12.3 Å². The van der Waals surface area contributed by atoms with Crippen LogP contribution in [0.3, 0.4) is 0 Å². The van der Waals surface area contributed by atoms with E-state index in [9.17, 15) is 13.6 Å². The van der Waals surface area contributed by atoms with Crippen molar-refractivity contribution in [3.05, 3.63) is 35.4 Å². The number of oxime groups is 1. The molecule has 1 aromatic rings. The highest BCUT2D eigenvalue weighted by Crippen LogP contribution is 2.20. The Morgan fingerprint density at radius 1 is 1.50 bits per heavy atom. The molecule has 0 saturated carbocycles. The van der Waals surface area contributed by atoms with E-state index in [1.165, 1.54) is 17.0 Å². The zero-order valence-corrected chi connectivity index (χ0v) is 12.8. The molecule has 1 aliphatic rings. The fraction of sp³-hybridized carbons (Fsp3) is 0.467. The zero-order valence-electron chi connectivity index (χ0n) is 12.8. The number of urea groups is 1. The minimum atomic E-state index is -0.672. The molecule has 5 nitrogen and oxygen atoms in total. The van der Waals surface area contributed by atoms with Gasteiger partial charge in [0.25, 0.3) is 0 Å². The van der Waals surface area contributed by atoms with Crippen LogP contribution in [0.15, 0.2) is 23.4 Å². The van der Waals surface area contributed by atoms with Crippen LogP contribution in [0.5, 0.6) is 0 Å². The molecule has 1 atom stereocenters. The summed E-state index contributed by atoms with van der Waals surface area (Å²) in [5, 5.41) is 6.61. The van der Waals surface area contributed by atoms with Crippen molar-refractivity contribution in [2.24, 2.45) is 5.16 Å². The van der Waals surface area contributed by atoms with Gasteiger partial charge in [0.1, 0.15) is 11.6 Å². The Labute approximate surface area is 127 Å². The first-order valence-corrected chi connectivity index (χ1v) is 7.06. The van der Waals surface area contributed by atoms with Gasteiger partial charge in [-0.15, -0.1) is 0 Å².